The fourth-order valence-electron chi connectivity index (χ4n) is 3.57. The van der Waals surface area contributed by atoms with Gasteiger partial charge in [-0.2, -0.15) is 5.10 Å². The molecule has 0 aliphatic rings. The zero-order valence-corrected chi connectivity index (χ0v) is 27.4. The highest BCUT2D eigenvalue weighted by Gasteiger charge is 2.39. The first-order valence-corrected chi connectivity index (χ1v) is 16.7. The zero-order chi connectivity index (χ0) is 29.3. The second kappa shape index (κ2) is 12.1. The lowest BCUT2D eigenvalue weighted by Gasteiger charge is -2.39. The molecule has 13 heteroatoms. The smallest absolute Gasteiger partial charge is 0.407 e. The molecule has 0 aliphatic heterocycles. The van der Waals surface area contributed by atoms with E-state index >= 15 is 0 Å². The quantitative estimate of drug-likeness (QED) is 0.190. The van der Waals surface area contributed by atoms with Crippen LogP contribution in [0.15, 0.2) is 28.9 Å². The lowest BCUT2D eigenvalue weighted by atomic mass is 10.1. The minimum absolute atomic E-state index is 0.0525. The van der Waals surface area contributed by atoms with Gasteiger partial charge in [-0.15, -0.1) is 0 Å². The molecule has 1 unspecified atom stereocenters. The number of amides is 1. The van der Waals surface area contributed by atoms with Gasteiger partial charge in [0.1, 0.15) is 23.2 Å². The highest BCUT2D eigenvalue weighted by atomic mass is 79.9. The van der Waals surface area contributed by atoms with E-state index in [-0.39, 0.29) is 18.2 Å². The molecular weight excluding hydrogens is 625 g/mol. The Morgan fingerprint density at radius 2 is 1.92 bits per heavy atom. The maximum Gasteiger partial charge on any atom is 0.407 e. The van der Waals surface area contributed by atoms with Gasteiger partial charge in [0.15, 0.2) is 14.1 Å². The Kier molecular flexibility index (Phi) is 9.75. The topological polar surface area (TPSA) is 103 Å². The average molecular weight is 659 g/mol. The number of aryl methyl sites for hydroxylation is 1. The molecule has 9 nitrogen and oxygen atoms in total. The molecule has 0 radical (unpaired) electrons. The minimum atomic E-state index is -2.20. The number of hydrogen-bond donors (Lipinski definition) is 1. The molecule has 1 N–H and O–H groups in total. The van der Waals surface area contributed by atoms with Crippen LogP contribution in [-0.4, -0.2) is 70.5 Å². The van der Waals surface area contributed by atoms with Gasteiger partial charge in [0, 0.05) is 25.2 Å². The van der Waals surface area contributed by atoms with E-state index < -0.39 is 20.5 Å². The second-order valence-corrected chi connectivity index (χ2v) is 17.3. The summed E-state index contributed by atoms with van der Waals surface area (Å²) in [6.07, 6.45) is 0.192. The lowest BCUT2D eigenvalue weighted by molar-refractivity contribution is 0.0794. The van der Waals surface area contributed by atoms with Crippen LogP contribution in [0.4, 0.5) is 4.79 Å². The van der Waals surface area contributed by atoms with Crippen molar-refractivity contribution in [3.8, 4) is 28.5 Å². The first-order chi connectivity index (χ1) is 18.0. The third kappa shape index (κ3) is 7.32. The summed E-state index contributed by atoms with van der Waals surface area (Å²) in [5.74, 6) is 0.851. The Morgan fingerprint density at radius 3 is 2.49 bits per heavy atom. The summed E-state index contributed by atoms with van der Waals surface area (Å²) in [6, 6.07) is 5.19. The predicted molar refractivity (Wildman–Crippen MR) is 160 cm³/mol. The van der Waals surface area contributed by atoms with E-state index in [0.717, 1.165) is 10.2 Å². The van der Waals surface area contributed by atoms with Crippen molar-refractivity contribution in [2.24, 2.45) is 7.05 Å². The summed E-state index contributed by atoms with van der Waals surface area (Å²) in [5.41, 5.74) is 2.63. The largest absolute Gasteiger partial charge is 0.491 e. The van der Waals surface area contributed by atoms with E-state index in [2.05, 4.69) is 59.9 Å². The van der Waals surface area contributed by atoms with Gasteiger partial charge in [0.05, 0.1) is 34.0 Å². The predicted octanol–water partition coefficient (Wildman–Crippen LogP) is 7.30. The molecule has 212 valence electrons. The summed E-state index contributed by atoms with van der Waals surface area (Å²) >= 11 is 16.6. The number of hydrogen-bond acceptors (Lipinski definition) is 6. The van der Waals surface area contributed by atoms with Crippen LogP contribution < -0.4 is 4.74 Å². The fourth-order valence-corrected chi connectivity index (χ4v) is 5.81. The fraction of sp³-hybridized carbons (Fsp3) is 0.462. The Morgan fingerprint density at radius 1 is 1.26 bits per heavy atom. The van der Waals surface area contributed by atoms with Gasteiger partial charge in [0.2, 0.25) is 0 Å². The SMILES string of the molecule is Cc1c(Cl)nc(-c2cc(OCC(CN(C)C(=O)O)O[Si](C)(C)C(C)(C)C)ccc2Cl)nc1-c1c(Br)cnn1C. The molecule has 1 aromatic carbocycles. The maximum atomic E-state index is 11.5. The number of benzene rings is 1. The summed E-state index contributed by atoms with van der Waals surface area (Å²) in [6.45, 7) is 12.8. The molecule has 1 amide bonds. The molecular formula is C26H34BrCl2N5O4Si. The van der Waals surface area contributed by atoms with E-state index in [0.29, 0.717) is 38.6 Å². The molecule has 2 heterocycles. The standard InChI is InChI=1S/C26H34BrCl2N5O4Si/c1-15-21(22-19(27)12-30-34(22)6)31-24(32-23(15)29)18-11-16(9-10-20(18)28)37-14-17(13-33(5)25(35)36)38-39(7,8)26(2,3)4/h9-12,17H,13-14H2,1-8H3,(H,35,36). The normalized spacial score (nSPS) is 12.9. The Labute approximate surface area is 248 Å². The first kappa shape index (κ1) is 31.3. The molecule has 0 bridgehead atoms. The van der Waals surface area contributed by atoms with Gasteiger partial charge in [-0.25, -0.2) is 14.8 Å². The monoisotopic (exact) mass is 657 g/mol. The molecule has 0 saturated heterocycles. The van der Waals surface area contributed by atoms with Crippen molar-refractivity contribution in [3.05, 3.63) is 44.6 Å². The van der Waals surface area contributed by atoms with Gasteiger partial charge in [0.25, 0.3) is 0 Å². The number of halogens is 3. The van der Waals surface area contributed by atoms with Gasteiger partial charge in [-0.05, 0) is 59.2 Å². The van der Waals surface area contributed by atoms with Gasteiger partial charge >= 0.3 is 6.09 Å². The number of aromatic nitrogens is 4. The molecule has 1 atom stereocenters. The van der Waals surface area contributed by atoms with Crippen molar-refractivity contribution in [1.82, 2.24) is 24.6 Å². The van der Waals surface area contributed by atoms with Gasteiger partial charge in [-0.1, -0.05) is 44.0 Å². The third-order valence-electron chi connectivity index (χ3n) is 6.89. The number of rotatable bonds is 9. The van der Waals surface area contributed by atoms with Crippen LogP contribution in [0.2, 0.25) is 28.3 Å². The highest BCUT2D eigenvalue weighted by Crippen LogP contribution is 2.38. The van der Waals surface area contributed by atoms with Crippen LogP contribution in [-0.2, 0) is 11.5 Å². The molecule has 3 rings (SSSR count). The lowest BCUT2D eigenvalue weighted by Crippen LogP contribution is -2.49. The number of carboxylic acid groups (broad SMARTS) is 1. The summed E-state index contributed by atoms with van der Waals surface area (Å²) < 4.78 is 15.1. The van der Waals surface area contributed by atoms with Gasteiger partial charge < -0.3 is 19.2 Å². The Balaban J connectivity index is 1.93. The molecule has 39 heavy (non-hydrogen) atoms. The number of ether oxygens (including phenoxy) is 1. The van der Waals surface area contributed by atoms with Crippen molar-refractivity contribution < 1.29 is 19.1 Å². The molecule has 0 aliphatic carbocycles. The van der Waals surface area contributed by atoms with Crippen molar-refractivity contribution >= 4 is 53.5 Å². The van der Waals surface area contributed by atoms with Crippen LogP contribution in [0.5, 0.6) is 5.75 Å². The minimum Gasteiger partial charge on any atom is -0.491 e. The Bertz CT molecular complexity index is 1340. The maximum absolute atomic E-state index is 11.5. The van der Waals surface area contributed by atoms with Crippen LogP contribution in [0.3, 0.4) is 0 Å². The highest BCUT2D eigenvalue weighted by molar-refractivity contribution is 9.10. The van der Waals surface area contributed by atoms with Crippen molar-refractivity contribution in [3.63, 3.8) is 0 Å². The number of carbonyl (C=O) groups is 1. The van der Waals surface area contributed by atoms with Crippen molar-refractivity contribution in [2.75, 3.05) is 20.2 Å². The van der Waals surface area contributed by atoms with E-state index in [1.807, 2.05) is 14.0 Å². The van der Waals surface area contributed by atoms with Crippen LogP contribution >= 0.6 is 39.1 Å². The van der Waals surface area contributed by atoms with Crippen LogP contribution in [0.25, 0.3) is 22.8 Å². The van der Waals surface area contributed by atoms with Crippen molar-refractivity contribution in [2.45, 2.75) is 51.9 Å². The van der Waals surface area contributed by atoms with E-state index in [1.165, 1.54) is 11.9 Å². The number of nitrogens with zero attached hydrogens (tertiary/aromatic N) is 5. The van der Waals surface area contributed by atoms with E-state index in [1.54, 1.807) is 29.1 Å². The van der Waals surface area contributed by atoms with E-state index in [9.17, 15) is 9.90 Å². The molecule has 2 aromatic heterocycles. The third-order valence-corrected chi connectivity index (χ3v) is 12.7. The van der Waals surface area contributed by atoms with Crippen LogP contribution in [0.1, 0.15) is 26.3 Å². The molecule has 0 fully saturated rings. The van der Waals surface area contributed by atoms with Crippen LogP contribution in [0, 0.1) is 6.92 Å². The average Bonchev–Trinajstić information content (AvgIpc) is 3.16. The van der Waals surface area contributed by atoms with Crippen molar-refractivity contribution in [1.29, 1.82) is 0 Å². The molecule has 3 aromatic rings. The molecule has 0 spiro atoms. The first-order valence-electron chi connectivity index (χ1n) is 12.3. The number of likely N-dealkylation sites (N-methyl/N-ethyl adjacent to an activating group) is 1. The summed E-state index contributed by atoms with van der Waals surface area (Å²) in [7, 11) is 1.14. The Hall–Kier alpha value is -2.18. The second-order valence-electron chi connectivity index (χ2n) is 10.9. The van der Waals surface area contributed by atoms with E-state index in [4.69, 9.17) is 37.3 Å². The summed E-state index contributed by atoms with van der Waals surface area (Å²) in [5, 5.41) is 14.4. The zero-order valence-electron chi connectivity index (χ0n) is 23.3. The van der Waals surface area contributed by atoms with Gasteiger partial charge in [-0.3, -0.25) is 4.68 Å². The molecule has 0 saturated carbocycles. The summed E-state index contributed by atoms with van der Waals surface area (Å²) in [4.78, 5) is 22.0.